The zero-order valence-corrected chi connectivity index (χ0v) is 11.3. The fourth-order valence-electron chi connectivity index (χ4n) is 2.01. The van der Waals surface area contributed by atoms with Crippen molar-refractivity contribution in [2.45, 2.75) is 39.3 Å². The molecule has 0 radical (unpaired) electrons. The monoisotopic (exact) mass is 264 g/mol. The molecule has 1 atom stereocenters. The molecular formula is C12H16N4OS. The molecule has 0 bridgehead atoms. The first-order valence-corrected chi connectivity index (χ1v) is 6.98. The van der Waals surface area contributed by atoms with Crippen LogP contribution in [-0.4, -0.2) is 15.2 Å². The van der Waals surface area contributed by atoms with E-state index in [0.717, 1.165) is 0 Å². The number of aromatic nitrogens is 3. The molecule has 6 heteroatoms. The lowest BCUT2D eigenvalue weighted by atomic mass is 10.2. The van der Waals surface area contributed by atoms with Gasteiger partial charge in [0.2, 0.25) is 11.8 Å². The van der Waals surface area contributed by atoms with Crippen LogP contribution in [0.5, 0.6) is 0 Å². The molecule has 1 aliphatic rings. The third-order valence-corrected chi connectivity index (χ3v) is 4.04. The van der Waals surface area contributed by atoms with Gasteiger partial charge in [0.15, 0.2) is 0 Å². The zero-order valence-electron chi connectivity index (χ0n) is 10.5. The lowest BCUT2D eigenvalue weighted by Crippen LogP contribution is -2.22. The molecule has 0 saturated heterocycles. The van der Waals surface area contributed by atoms with Gasteiger partial charge in [-0.3, -0.25) is 5.32 Å². The van der Waals surface area contributed by atoms with Crippen molar-refractivity contribution in [3.05, 3.63) is 27.9 Å². The van der Waals surface area contributed by atoms with Crippen LogP contribution >= 0.6 is 11.3 Å². The molecule has 0 aromatic carbocycles. The summed E-state index contributed by atoms with van der Waals surface area (Å²) in [7, 11) is 0. The summed E-state index contributed by atoms with van der Waals surface area (Å²) in [6.07, 6.45) is 4.49. The van der Waals surface area contributed by atoms with Gasteiger partial charge in [0, 0.05) is 18.0 Å². The molecule has 96 valence electrons. The van der Waals surface area contributed by atoms with Gasteiger partial charge in [-0.05, 0) is 25.7 Å². The van der Waals surface area contributed by atoms with Crippen molar-refractivity contribution in [1.82, 2.24) is 20.5 Å². The van der Waals surface area contributed by atoms with E-state index in [0.29, 0.717) is 30.3 Å². The molecule has 2 heterocycles. The third-order valence-electron chi connectivity index (χ3n) is 3.04. The average molecular weight is 264 g/mol. The molecule has 1 fully saturated rings. The lowest BCUT2D eigenvalue weighted by molar-refractivity contribution is 0.405. The largest absolute Gasteiger partial charge is 0.424 e. The van der Waals surface area contributed by atoms with Crippen molar-refractivity contribution in [2.24, 2.45) is 5.92 Å². The minimum atomic E-state index is 0.330. The molecule has 5 nitrogen and oxygen atoms in total. The summed E-state index contributed by atoms with van der Waals surface area (Å²) in [5.41, 5.74) is 0. The second-order valence-electron chi connectivity index (χ2n) is 4.72. The normalized spacial score (nSPS) is 17.0. The van der Waals surface area contributed by atoms with Crippen LogP contribution in [0.4, 0.5) is 0 Å². The van der Waals surface area contributed by atoms with Crippen molar-refractivity contribution >= 4 is 11.3 Å². The Morgan fingerprint density at radius 1 is 1.44 bits per heavy atom. The highest BCUT2D eigenvalue weighted by atomic mass is 32.1. The van der Waals surface area contributed by atoms with E-state index in [1.165, 1.54) is 22.7 Å². The molecule has 0 amide bonds. The molecule has 1 aliphatic carbocycles. The van der Waals surface area contributed by atoms with Crippen molar-refractivity contribution < 1.29 is 4.42 Å². The molecule has 2 aromatic rings. The number of nitrogens with one attached hydrogen (secondary N) is 1. The van der Waals surface area contributed by atoms with E-state index >= 15 is 0 Å². The van der Waals surface area contributed by atoms with E-state index in [1.807, 2.05) is 6.20 Å². The standard InChI is InChI=1S/C12H16N4OS/c1-7-5-14-12(18-7)11(9-3-4-9)13-6-10-16-15-8(2)17-10/h5,9,11,13H,3-4,6H2,1-2H3. The number of nitrogens with zero attached hydrogens (tertiary/aromatic N) is 3. The predicted molar refractivity (Wildman–Crippen MR) is 68.2 cm³/mol. The van der Waals surface area contributed by atoms with E-state index < -0.39 is 0 Å². The Morgan fingerprint density at radius 3 is 2.83 bits per heavy atom. The molecule has 1 unspecified atom stereocenters. The van der Waals surface area contributed by atoms with Gasteiger partial charge in [-0.25, -0.2) is 4.98 Å². The summed E-state index contributed by atoms with van der Waals surface area (Å²) < 4.78 is 5.37. The number of rotatable bonds is 5. The van der Waals surface area contributed by atoms with Crippen LogP contribution in [0.2, 0.25) is 0 Å². The van der Waals surface area contributed by atoms with Gasteiger partial charge in [0.25, 0.3) is 0 Å². The zero-order chi connectivity index (χ0) is 12.5. The van der Waals surface area contributed by atoms with Gasteiger partial charge < -0.3 is 4.42 Å². The average Bonchev–Trinajstić information content (AvgIpc) is 2.96. The number of hydrogen-bond donors (Lipinski definition) is 1. The van der Waals surface area contributed by atoms with Crippen molar-refractivity contribution in [1.29, 1.82) is 0 Å². The van der Waals surface area contributed by atoms with Gasteiger partial charge in [0.05, 0.1) is 12.6 Å². The van der Waals surface area contributed by atoms with Crippen LogP contribution in [0.3, 0.4) is 0 Å². The first kappa shape index (κ1) is 11.8. The van der Waals surface area contributed by atoms with Crippen LogP contribution in [0.15, 0.2) is 10.6 Å². The van der Waals surface area contributed by atoms with E-state index in [-0.39, 0.29) is 0 Å². The molecule has 1 saturated carbocycles. The van der Waals surface area contributed by atoms with E-state index in [1.54, 1.807) is 18.3 Å². The fourth-order valence-corrected chi connectivity index (χ4v) is 2.95. The quantitative estimate of drug-likeness (QED) is 0.898. The maximum Gasteiger partial charge on any atom is 0.230 e. The Bertz CT molecular complexity index is 532. The number of thiazole rings is 1. The topological polar surface area (TPSA) is 63.8 Å². The Labute approximate surface area is 110 Å². The molecule has 0 spiro atoms. The predicted octanol–water partition coefficient (Wildman–Crippen LogP) is 2.38. The smallest absolute Gasteiger partial charge is 0.230 e. The summed E-state index contributed by atoms with van der Waals surface area (Å²) in [6, 6.07) is 0.330. The summed E-state index contributed by atoms with van der Waals surface area (Å²) in [5, 5.41) is 12.5. The highest BCUT2D eigenvalue weighted by Crippen LogP contribution is 2.42. The second kappa shape index (κ2) is 4.78. The summed E-state index contributed by atoms with van der Waals surface area (Å²) >= 11 is 1.76. The Hall–Kier alpha value is -1.27. The van der Waals surface area contributed by atoms with Gasteiger partial charge in [-0.2, -0.15) is 0 Å². The molecule has 1 N–H and O–H groups in total. The summed E-state index contributed by atoms with van der Waals surface area (Å²) in [4.78, 5) is 5.74. The van der Waals surface area contributed by atoms with E-state index in [4.69, 9.17) is 4.42 Å². The van der Waals surface area contributed by atoms with Gasteiger partial charge in [-0.15, -0.1) is 21.5 Å². The van der Waals surface area contributed by atoms with Crippen LogP contribution in [0, 0.1) is 19.8 Å². The highest BCUT2D eigenvalue weighted by Gasteiger charge is 2.34. The Kier molecular flexibility index (Phi) is 3.13. The highest BCUT2D eigenvalue weighted by molar-refractivity contribution is 7.11. The van der Waals surface area contributed by atoms with E-state index in [9.17, 15) is 0 Å². The van der Waals surface area contributed by atoms with Crippen molar-refractivity contribution in [2.75, 3.05) is 0 Å². The molecule has 2 aromatic heterocycles. The molecular weight excluding hydrogens is 248 g/mol. The summed E-state index contributed by atoms with van der Waals surface area (Å²) in [6.45, 7) is 4.51. The van der Waals surface area contributed by atoms with Crippen molar-refractivity contribution in [3.63, 3.8) is 0 Å². The van der Waals surface area contributed by atoms with Gasteiger partial charge >= 0.3 is 0 Å². The minimum absolute atomic E-state index is 0.330. The summed E-state index contributed by atoms with van der Waals surface area (Å²) in [5.74, 6) is 1.96. The maximum absolute atomic E-state index is 5.37. The first-order chi connectivity index (χ1) is 8.72. The van der Waals surface area contributed by atoms with Crippen LogP contribution < -0.4 is 5.32 Å². The molecule has 18 heavy (non-hydrogen) atoms. The number of hydrogen-bond acceptors (Lipinski definition) is 6. The van der Waals surface area contributed by atoms with Crippen LogP contribution in [-0.2, 0) is 6.54 Å². The minimum Gasteiger partial charge on any atom is -0.424 e. The lowest BCUT2D eigenvalue weighted by Gasteiger charge is -2.14. The van der Waals surface area contributed by atoms with E-state index in [2.05, 4.69) is 27.4 Å². The van der Waals surface area contributed by atoms with Crippen LogP contribution in [0.25, 0.3) is 0 Å². The molecule has 3 rings (SSSR count). The molecule has 0 aliphatic heterocycles. The maximum atomic E-state index is 5.37. The van der Waals surface area contributed by atoms with Gasteiger partial charge in [-0.1, -0.05) is 0 Å². The Morgan fingerprint density at radius 2 is 2.28 bits per heavy atom. The second-order valence-corrected chi connectivity index (χ2v) is 5.99. The van der Waals surface area contributed by atoms with Crippen LogP contribution in [0.1, 0.15) is 40.5 Å². The SMILES string of the molecule is Cc1nnc(CNC(c2ncc(C)s2)C2CC2)o1. The fraction of sp³-hybridized carbons (Fsp3) is 0.583. The first-order valence-electron chi connectivity index (χ1n) is 6.17. The van der Waals surface area contributed by atoms with Gasteiger partial charge in [0.1, 0.15) is 5.01 Å². The van der Waals surface area contributed by atoms with Crippen molar-refractivity contribution in [3.8, 4) is 0 Å². The number of aryl methyl sites for hydroxylation is 2. The Balaban J connectivity index is 1.67. The third kappa shape index (κ3) is 2.59.